The average Bonchev–Trinajstić information content (AvgIpc) is 2.82. The van der Waals surface area contributed by atoms with E-state index < -0.39 is 34.9 Å². The number of alkyl carbamates (subject to hydrolysis) is 1. The van der Waals surface area contributed by atoms with Crippen LogP contribution in [0, 0.1) is 10.1 Å². The smallest absolute Gasteiger partial charge is 0.407 e. The van der Waals surface area contributed by atoms with Crippen molar-refractivity contribution in [1.29, 1.82) is 0 Å². The summed E-state index contributed by atoms with van der Waals surface area (Å²) in [5, 5.41) is 13.6. The number of benzene rings is 1. The minimum Gasteiger partial charge on any atom is -0.444 e. The maximum Gasteiger partial charge on any atom is 0.407 e. The molecular formula is C17H22BrFN2O5. The summed E-state index contributed by atoms with van der Waals surface area (Å²) in [7, 11) is 0. The molecule has 0 aliphatic heterocycles. The van der Waals surface area contributed by atoms with Crippen molar-refractivity contribution >= 4 is 27.7 Å². The number of nitrogens with one attached hydrogen (secondary N) is 1. The molecule has 0 aromatic heterocycles. The summed E-state index contributed by atoms with van der Waals surface area (Å²) in [4.78, 5) is 22.4. The van der Waals surface area contributed by atoms with Crippen LogP contribution >= 0.6 is 15.9 Å². The topological polar surface area (TPSA) is 90.7 Å². The van der Waals surface area contributed by atoms with Crippen molar-refractivity contribution in [2.24, 2.45) is 0 Å². The largest absolute Gasteiger partial charge is 0.444 e. The number of nitro benzene ring substituents is 1. The Hall–Kier alpha value is -1.74. The van der Waals surface area contributed by atoms with Crippen molar-refractivity contribution in [3.63, 3.8) is 0 Å². The van der Waals surface area contributed by atoms with Gasteiger partial charge in [0, 0.05) is 29.4 Å². The van der Waals surface area contributed by atoms with E-state index in [0.717, 1.165) is 0 Å². The van der Waals surface area contributed by atoms with E-state index in [2.05, 4.69) is 21.2 Å². The summed E-state index contributed by atoms with van der Waals surface area (Å²) in [5.41, 5.74) is -0.121. The van der Waals surface area contributed by atoms with E-state index >= 15 is 0 Å². The number of nitro groups is 1. The second kappa shape index (κ2) is 8.30. The second-order valence-corrected chi connectivity index (χ2v) is 8.16. The number of ether oxygens (including phenoxy) is 2. The summed E-state index contributed by atoms with van der Waals surface area (Å²) >= 11 is 3.22. The van der Waals surface area contributed by atoms with Gasteiger partial charge in [-0.15, -0.1) is 0 Å². The molecule has 26 heavy (non-hydrogen) atoms. The molecule has 3 atom stereocenters. The summed E-state index contributed by atoms with van der Waals surface area (Å²) < 4.78 is 25.3. The zero-order valence-electron chi connectivity index (χ0n) is 14.8. The molecule has 144 valence electrons. The Bertz CT molecular complexity index is 680. The minimum atomic E-state index is -1.09. The molecule has 1 fully saturated rings. The van der Waals surface area contributed by atoms with Crippen LogP contribution in [0.4, 0.5) is 14.9 Å². The lowest BCUT2D eigenvalue weighted by molar-refractivity contribution is -0.385. The Balaban J connectivity index is 1.99. The van der Waals surface area contributed by atoms with E-state index in [-0.39, 0.29) is 25.1 Å². The predicted octanol–water partition coefficient (Wildman–Crippen LogP) is 4.27. The first kappa shape index (κ1) is 20.6. The van der Waals surface area contributed by atoms with Crippen LogP contribution in [0.3, 0.4) is 0 Å². The summed E-state index contributed by atoms with van der Waals surface area (Å²) in [5.74, 6) is 0. The van der Waals surface area contributed by atoms with Gasteiger partial charge in [-0.05, 0) is 32.4 Å². The lowest BCUT2D eigenvalue weighted by Crippen LogP contribution is -2.43. The highest BCUT2D eigenvalue weighted by atomic mass is 79.9. The van der Waals surface area contributed by atoms with E-state index in [1.165, 1.54) is 12.1 Å². The van der Waals surface area contributed by atoms with Crippen LogP contribution in [0.1, 0.15) is 39.2 Å². The molecule has 1 N–H and O–H groups in total. The van der Waals surface area contributed by atoms with Crippen molar-refractivity contribution in [3.8, 4) is 0 Å². The number of amides is 1. The molecule has 0 bridgehead atoms. The fourth-order valence-electron chi connectivity index (χ4n) is 2.76. The number of non-ortho nitro benzene ring substituents is 1. The highest BCUT2D eigenvalue weighted by molar-refractivity contribution is 9.10. The number of hydrogen-bond donors (Lipinski definition) is 1. The molecule has 9 heteroatoms. The number of carbonyl (C=O) groups excluding carboxylic acids is 1. The third-order valence-electron chi connectivity index (χ3n) is 3.77. The SMILES string of the molecule is CC(C)(C)OC(=O)N[C@@H]1CC(F)CC1OCc1cc(Br)cc([N+](=O)[O-])c1. The van der Waals surface area contributed by atoms with Gasteiger partial charge in [-0.2, -0.15) is 0 Å². The molecule has 1 aromatic rings. The Labute approximate surface area is 159 Å². The summed E-state index contributed by atoms with van der Waals surface area (Å²) in [6, 6.07) is 3.99. The lowest BCUT2D eigenvalue weighted by atomic mass is 10.2. The number of alkyl halides is 1. The van der Waals surface area contributed by atoms with Crippen LogP contribution in [0.15, 0.2) is 22.7 Å². The molecule has 1 saturated carbocycles. The van der Waals surface area contributed by atoms with Gasteiger partial charge in [-0.3, -0.25) is 10.1 Å². The summed E-state index contributed by atoms with van der Waals surface area (Å²) in [6.07, 6.45) is -1.95. The van der Waals surface area contributed by atoms with Crippen molar-refractivity contribution < 1.29 is 23.6 Å². The van der Waals surface area contributed by atoms with E-state index in [1.54, 1.807) is 26.8 Å². The standard InChI is InChI=1S/C17H22BrFN2O5/c1-17(2,3)26-16(22)20-14-7-12(19)8-15(14)25-9-10-4-11(18)6-13(5-10)21(23)24/h4-6,12,14-15H,7-9H2,1-3H3,(H,20,22)/t12?,14-,15?/m1/s1. The van der Waals surface area contributed by atoms with Crippen molar-refractivity contribution in [2.75, 3.05) is 0 Å². The Morgan fingerprint density at radius 1 is 1.38 bits per heavy atom. The number of carbonyl (C=O) groups is 1. The highest BCUT2D eigenvalue weighted by Gasteiger charge is 2.37. The zero-order chi connectivity index (χ0) is 19.5. The molecule has 1 aromatic carbocycles. The van der Waals surface area contributed by atoms with Crippen molar-refractivity contribution in [3.05, 3.63) is 38.3 Å². The maximum atomic E-state index is 13.8. The monoisotopic (exact) mass is 432 g/mol. The molecule has 0 radical (unpaired) electrons. The lowest BCUT2D eigenvalue weighted by Gasteiger charge is -2.24. The number of rotatable bonds is 5. The Morgan fingerprint density at radius 3 is 2.69 bits per heavy atom. The molecule has 2 unspecified atom stereocenters. The molecule has 7 nitrogen and oxygen atoms in total. The van der Waals surface area contributed by atoms with Gasteiger partial charge in [0.1, 0.15) is 11.8 Å². The van der Waals surface area contributed by atoms with Gasteiger partial charge < -0.3 is 14.8 Å². The number of nitrogens with zero attached hydrogens (tertiary/aromatic N) is 1. The average molecular weight is 433 g/mol. The molecule has 1 aliphatic rings. The first-order valence-corrected chi connectivity index (χ1v) is 9.02. The van der Waals surface area contributed by atoms with E-state index in [1.807, 2.05) is 0 Å². The first-order valence-electron chi connectivity index (χ1n) is 8.22. The van der Waals surface area contributed by atoms with Gasteiger partial charge in [0.15, 0.2) is 0 Å². The van der Waals surface area contributed by atoms with Crippen LogP contribution in [-0.2, 0) is 16.1 Å². The van der Waals surface area contributed by atoms with Gasteiger partial charge in [-0.1, -0.05) is 15.9 Å². The van der Waals surface area contributed by atoms with Gasteiger partial charge in [0.2, 0.25) is 0 Å². The van der Waals surface area contributed by atoms with E-state index in [4.69, 9.17) is 9.47 Å². The fourth-order valence-corrected chi connectivity index (χ4v) is 3.29. The third-order valence-corrected chi connectivity index (χ3v) is 4.22. The minimum absolute atomic E-state index is 0.0591. The van der Waals surface area contributed by atoms with Gasteiger partial charge in [-0.25, -0.2) is 9.18 Å². The fraction of sp³-hybridized carbons (Fsp3) is 0.588. The van der Waals surface area contributed by atoms with Crippen LogP contribution in [0.25, 0.3) is 0 Å². The molecule has 0 heterocycles. The zero-order valence-corrected chi connectivity index (χ0v) is 16.4. The molecule has 2 rings (SSSR count). The molecule has 1 aliphatic carbocycles. The molecule has 1 amide bonds. The molecule has 0 spiro atoms. The van der Waals surface area contributed by atoms with E-state index in [9.17, 15) is 19.3 Å². The molecular weight excluding hydrogens is 411 g/mol. The molecule has 0 saturated heterocycles. The maximum absolute atomic E-state index is 13.8. The predicted molar refractivity (Wildman–Crippen MR) is 96.7 cm³/mol. The van der Waals surface area contributed by atoms with Crippen LogP contribution in [-0.4, -0.2) is 34.9 Å². The number of hydrogen-bond acceptors (Lipinski definition) is 5. The van der Waals surface area contributed by atoms with Gasteiger partial charge >= 0.3 is 6.09 Å². The van der Waals surface area contributed by atoms with Crippen molar-refractivity contribution in [1.82, 2.24) is 5.32 Å². The summed E-state index contributed by atoms with van der Waals surface area (Å²) in [6.45, 7) is 5.30. The van der Waals surface area contributed by atoms with Gasteiger partial charge in [0.05, 0.1) is 23.7 Å². The quantitative estimate of drug-likeness (QED) is 0.553. The van der Waals surface area contributed by atoms with E-state index in [0.29, 0.717) is 10.0 Å². The van der Waals surface area contributed by atoms with Gasteiger partial charge in [0.25, 0.3) is 5.69 Å². The normalized spacial score (nSPS) is 22.9. The first-order chi connectivity index (χ1) is 12.0. The Kier molecular flexibility index (Phi) is 6.57. The Morgan fingerprint density at radius 2 is 2.08 bits per heavy atom. The third kappa shape index (κ3) is 6.21. The van der Waals surface area contributed by atoms with Crippen LogP contribution < -0.4 is 5.32 Å². The van der Waals surface area contributed by atoms with Crippen LogP contribution in [0.5, 0.6) is 0 Å². The van der Waals surface area contributed by atoms with Crippen molar-refractivity contribution in [2.45, 2.75) is 64.1 Å². The van der Waals surface area contributed by atoms with Crippen LogP contribution in [0.2, 0.25) is 0 Å². The number of halogens is 2. The second-order valence-electron chi connectivity index (χ2n) is 7.25. The highest BCUT2D eigenvalue weighted by Crippen LogP contribution is 2.28.